The summed E-state index contributed by atoms with van der Waals surface area (Å²) in [7, 11) is 0. The second-order valence-electron chi connectivity index (χ2n) is 13.5. The molecule has 8 N–H and O–H groups in total. The van der Waals surface area contributed by atoms with E-state index in [-0.39, 0.29) is 25.4 Å². The third-order valence-corrected chi connectivity index (χ3v) is 9.35. The van der Waals surface area contributed by atoms with Crippen molar-refractivity contribution in [2.45, 2.75) is 144 Å². The van der Waals surface area contributed by atoms with Gasteiger partial charge in [0.25, 0.3) is 0 Å². The molecule has 2 bridgehead atoms. The summed E-state index contributed by atoms with van der Waals surface area (Å²) in [4.78, 5) is 24.8. The Labute approximate surface area is 292 Å². The van der Waals surface area contributed by atoms with Crippen molar-refractivity contribution < 1.29 is 63.9 Å². The van der Waals surface area contributed by atoms with E-state index in [4.69, 9.17) is 29.4 Å². The lowest BCUT2D eigenvalue weighted by molar-refractivity contribution is -0.308. The molecule has 3 saturated heterocycles. The van der Waals surface area contributed by atoms with Crippen molar-refractivity contribution in [2.75, 3.05) is 0 Å². The number of hydrogen-bond donors (Lipinski definition) is 7. The zero-order valence-corrected chi connectivity index (χ0v) is 28.6. The zero-order valence-electron chi connectivity index (χ0n) is 28.6. The van der Waals surface area contributed by atoms with Crippen LogP contribution in [0.3, 0.4) is 0 Å². The molecule has 0 spiro atoms. The summed E-state index contributed by atoms with van der Waals surface area (Å²) in [5, 5.41) is 64.2. The molecular weight excluding hydrogens is 654 g/mol. The molecule has 4 rings (SSSR count). The molecule has 14 atom stereocenters. The highest BCUT2D eigenvalue weighted by atomic mass is 16.7. The lowest BCUT2D eigenvalue weighted by Crippen LogP contribution is -2.61. The van der Waals surface area contributed by atoms with Crippen molar-refractivity contribution in [2.24, 2.45) is 11.7 Å². The highest BCUT2D eigenvalue weighted by molar-refractivity contribution is 5.82. The monoisotopic (exact) mass is 707 g/mol. The third kappa shape index (κ3) is 11.6. The van der Waals surface area contributed by atoms with E-state index in [1.807, 2.05) is 18.2 Å². The first kappa shape index (κ1) is 40.0. The Morgan fingerprint density at radius 1 is 0.980 bits per heavy atom. The van der Waals surface area contributed by atoms with Gasteiger partial charge in [-0.2, -0.15) is 0 Å². The number of hydrogen-bond acceptors (Lipinski definition) is 13. The van der Waals surface area contributed by atoms with Crippen LogP contribution < -0.4 is 5.73 Å². The largest absolute Gasteiger partial charge is 0.481 e. The number of nitrogens with two attached hydrogens (primary N) is 1. The van der Waals surface area contributed by atoms with Crippen molar-refractivity contribution >= 4 is 11.9 Å². The molecule has 0 amide bonds. The summed E-state index contributed by atoms with van der Waals surface area (Å²) in [6, 6.07) is -1.08. The Morgan fingerprint density at radius 3 is 2.42 bits per heavy atom. The van der Waals surface area contributed by atoms with Crippen LogP contribution >= 0.6 is 0 Å². The maximum absolute atomic E-state index is 12.5. The SMILES string of the molecule is CCCCC1C/C=C/C=C/C=C/C=C/C(O[C@@H]2O[C@H](C)[C@H](O)[C@H](N)[C@@H]2O)CC2OC(O)(CC(O)CC3OC3/C=C/C(=O)O1)CC(O)C2C(=O)O. The number of aliphatic hydroxyl groups excluding tert-OH is 4. The van der Waals surface area contributed by atoms with Gasteiger partial charge in [0.1, 0.15) is 24.2 Å². The van der Waals surface area contributed by atoms with Crippen LogP contribution in [0.4, 0.5) is 0 Å². The zero-order chi connectivity index (χ0) is 36.4. The Bertz CT molecular complexity index is 1270. The first-order valence-corrected chi connectivity index (χ1v) is 17.4. The minimum absolute atomic E-state index is 0.0816. The van der Waals surface area contributed by atoms with Gasteiger partial charge < -0.3 is 60.1 Å². The second kappa shape index (κ2) is 18.6. The highest BCUT2D eigenvalue weighted by Crippen LogP contribution is 2.39. The maximum Gasteiger partial charge on any atom is 0.330 e. The summed E-state index contributed by atoms with van der Waals surface area (Å²) < 4.78 is 29.0. The number of carboxylic acid groups (broad SMARTS) is 1. The van der Waals surface area contributed by atoms with E-state index in [0.29, 0.717) is 6.42 Å². The number of aliphatic carboxylic acids is 1. The van der Waals surface area contributed by atoms with Gasteiger partial charge >= 0.3 is 11.9 Å². The van der Waals surface area contributed by atoms with Gasteiger partial charge in [0.2, 0.25) is 0 Å². The first-order chi connectivity index (χ1) is 23.8. The van der Waals surface area contributed by atoms with Gasteiger partial charge in [-0.15, -0.1) is 0 Å². The minimum Gasteiger partial charge on any atom is -0.481 e. The fourth-order valence-electron chi connectivity index (χ4n) is 6.54. The van der Waals surface area contributed by atoms with Crippen molar-refractivity contribution in [3.8, 4) is 0 Å². The highest BCUT2D eigenvalue weighted by Gasteiger charge is 2.51. The number of carboxylic acids is 1. The van der Waals surface area contributed by atoms with E-state index in [2.05, 4.69) is 6.92 Å². The van der Waals surface area contributed by atoms with Crippen molar-refractivity contribution in [3.63, 3.8) is 0 Å². The van der Waals surface area contributed by atoms with Crippen LogP contribution in [0.5, 0.6) is 0 Å². The van der Waals surface area contributed by atoms with Crippen LogP contribution in [0, 0.1) is 5.92 Å². The van der Waals surface area contributed by atoms with E-state index in [9.17, 15) is 40.2 Å². The number of allylic oxidation sites excluding steroid dienone is 6. The average molecular weight is 708 g/mol. The summed E-state index contributed by atoms with van der Waals surface area (Å²) in [5.41, 5.74) is 6.00. The van der Waals surface area contributed by atoms with Crippen LogP contribution in [-0.4, -0.2) is 122 Å². The number of unbranched alkanes of at least 4 members (excludes halogenated alkanes) is 1. The van der Waals surface area contributed by atoms with Gasteiger partial charge in [-0.1, -0.05) is 68.4 Å². The predicted molar refractivity (Wildman–Crippen MR) is 179 cm³/mol. The minimum atomic E-state index is -2.10. The summed E-state index contributed by atoms with van der Waals surface area (Å²) in [6.07, 6.45) is 8.24. The molecule has 0 aromatic carbocycles. The van der Waals surface area contributed by atoms with E-state index >= 15 is 0 Å². The van der Waals surface area contributed by atoms with Crippen LogP contribution in [0.25, 0.3) is 0 Å². The number of cyclic esters (lactones) is 1. The van der Waals surface area contributed by atoms with Gasteiger partial charge in [-0.05, 0) is 19.4 Å². The number of aliphatic hydroxyl groups is 5. The number of carbonyl (C=O) groups is 2. The molecule has 50 heavy (non-hydrogen) atoms. The van der Waals surface area contributed by atoms with Crippen LogP contribution in [0.2, 0.25) is 0 Å². The lowest BCUT2D eigenvalue weighted by Gasteiger charge is -2.45. The predicted octanol–water partition coefficient (Wildman–Crippen LogP) is 1.29. The lowest BCUT2D eigenvalue weighted by atomic mass is 9.83. The molecule has 280 valence electrons. The molecule has 0 saturated carbocycles. The van der Waals surface area contributed by atoms with Gasteiger partial charge in [-0.25, -0.2) is 4.79 Å². The number of ether oxygens (including phenoxy) is 5. The molecule has 0 aliphatic carbocycles. The topological polar surface area (TPSA) is 231 Å². The van der Waals surface area contributed by atoms with Crippen molar-refractivity contribution in [1.29, 1.82) is 0 Å². The summed E-state index contributed by atoms with van der Waals surface area (Å²) >= 11 is 0. The molecule has 14 nitrogen and oxygen atoms in total. The molecular formula is C36H53NO13. The van der Waals surface area contributed by atoms with Gasteiger partial charge in [0.15, 0.2) is 12.1 Å². The normalized spacial score (nSPS) is 45.1. The fraction of sp³-hybridized carbons (Fsp3) is 0.667. The van der Waals surface area contributed by atoms with Crippen LogP contribution in [0.1, 0.15) is 65.2 Å². The summed E-state index contributed by atoms with van der Waals surface area (Å²) in [6.45, 7) is 3.64. The van der Waals surface area contributed by atoms with E-state index < -0.39 is 97.3 Å². The standard InChI is InChI=1S/C36H53NO13/c1-3-4-12-23-13-10-8-6-5-7-9-11-14-24(48-35-33(42)31(37)32(41)21(2)46-35)18-28-30(34(43)44)25(39)20-36(45,50-28)19-22(38)17-27-26(49-27)15-16-29(40)47-23/h5-11,14-16,21-28,30-33,35,38-39,41-42,45H,3-4,12-13,17-20,37H2,1-2H3,(H,43,44)/b6-5+,9-7+,10-8+,14-11+,16-15+/t21-,22?,23?,24?,25?,26?,27?,28?,30?,31+,32+,33+,35+,36?/m1/s1. The maximum atomic E-state index is 12.5. The molecule has 3 fully saturated rings. The third-order valence-electron chi connectivity index (χ3n) is 9.35. The van der Waals surface area contributed by atoms with Gasteiger partial charge in [-0.3, -0.25) is 4.79 Å². The fourth-order valence-corrected chi connectivity index (χ4v) is 6.54. The number of fused-ring (bicyclic) bond motifs is 3. The number of esters is 1. The van der Waals surface area contributed by atoms with E-state index in [0.717, 1.165) is 19.3 Å². The Kier molecular flexibility index (Phi) is 14.9. The van der Waals surface area contributed by atoms with Crippen molar-refractivity contribution in [3.05, 3.63) is 60.8 Å². The Hall–Kier alpha value is -2.76. The van der Waals surface area contributed by atoms with Crippen molar-refractivity contribution in [1.82, 2.24) is 0 Å². The summed E-state index contributed by atoms with van der Waals surface area (Å²) in [5.74, 6) is -5.41. The van der Waals surface area contributed by atoms with Crippen LogP contribution in [0.15, 0.2) is 60.8 Å². The van der Waals surface area contributed by atoms with Crippen LogP contribution in [-0.2, 0) is 33.3 Å². The van der Waals surface area contributed by atoms with E-state index in [1.54, 1.807) is 43.4 Å². The molecule has 0 aromatic rings. The second-order valence-corrected chi connectivity index (χ2v) is 13.5. The number of carbonyl (C=O) groups excluding carboxylic acids is 1. The van der Waals surface area contributed by atoms with Gasteiger partial charge in [0.05, 0.1) is 48.8 Å². The Morgan fingerprint density at radius 2 is 1.70 bits per heavy atom. The quantitative estimate of drug-likeness (QED) is 0.152. The molecule has 14 heteroatoms. The average Bonchev–Trinajstić information content (AvgIpc) is 3.78. The molecule has 4 aliphatic rings. The molecule has 0 radical (unpaired) electrons. The van der Waals surface area contributed by atoms with E-state index in [1.165, 1.54) is 6.08 Å². The molecule has 9 unspecified atom stereocenters. The first-order valence-electron chi connectivity index (χ1n) is 17.4. The molecule has 4 aliphatic heterocycles. The van der Waals surface area contributed by atoms with Gasteiger partial charge in [0, 0.05) is 38.2 Å². The molecule has 4 heterocycles. The molecule has 0 aromatic heterocycles. The number of epoxide rings is 1. The Balaban J connectivity index is 1.58. The smallest absolute Gasteiger partial charge is 0.330 e. The number of rotatable bonds is 6.